The number of nitro groups is 1. The fourth-order valence-electron chi connectivity index (χ4n) is 1.48. The molecule has 0 saturated heterocycles. The van der Waals surface area contributed by atoms with Crippen LogP contribution < -0.4 is 10.1 Å². The van der Waals surface area contributed by atoms with E-state index < -0.39 is 4.92 Å². The van der Waals surface area contributed by atoms with Crippen LogP contribution in [0.3, 0.4) is 0 Å². The van der Waals surface area contributed by atoms with Gasteiger partial charge in [-0.1, -0.05) is 36.7 Å². The van der Waals surface area contributed by atoms with Crippen molar-refractivity contribution in [1.29, 1.82) is 0 Å². The number of nitrogens with one attached hydrogen (secondary N) is 1. The SMILES string of the molecule is CC(CNC(C)C)COc1ccc(Br)cc1[N+](=O)[O-]. The van der Waals surface area contributed by atoms with E-state index in [9.17, 15) is 10.1 Å². The second-order valence-corrected chi connectivity index (χ2v) is 5.76. The molecule has 1 aromatic carbocycles. The maximum atomic E-state index is 10.9. The number of nitro benzene ring substituents is 1. The molecule has 0 aromatic heterocycles. The molecule has 0 amide bonds. The third-order valence-corrected chi connectivity index (χ3v) is 3.01. The van der Waals surface area contributed by atoms with Crippen molar-refractivity contribution in [1.82, 2.24) is 5.32 Å². The molecule has 19 heavy (non-hydrogen) atoms. The third-order valence-electron chi connectivity index (χ3n) is 2.52. The smallest absolute Gasteiger partial charge is 0.312 e. The molecule has 6 heteroatoms. The molecule has 0 aliphatic carbocycles. The molecule has 5 nitrogen and oxygen atoms in total. The molecular formula is C13H19BrN2O3. The molecule has 0 saturated carbocycles. The first-order valence-corrected chi connectivity index (χ1v) is 6.99. The zero-order valence-corrected chi connectivity index (χ0v) is 12.9. The Hall–Kier alpha value is -1.14. The van der Waals surface area contributed by atoms with Crippen LogP contribution in [0.4, 0.5) is 5.69 Å². The molecule has 0 spiro atoms. The molecule has 1 aromatic rings. The Morgan fingerprint density at radius 2 is 2.11 bits per heavy atom. The van der Waals surface area contributed by atoms with Crippen molar-refractivity contribution in [2.24, 2.45) is 5.92 Å². The maximum Gasteiger partial charge on any atom is 0.312 e. The van der Waals surface area contributed by atoms with Gasteiger partial charge < -0.3 is 10.1 Å². The van der Waals surface area contributed by atoms with E-state index in [2.05, 4.69) is 35.1 Å². The van der Waals surface area contributed by atoms with Gasteiger partial charge in [-0.15, -0.1) is 0 Å². The Balaban J connectivity index is 2.60. The van der Waals surface area contributed by atoms with Gasteiger partial charge in [-0.3, -0.25) is 10.1 Å². The maximum absolute atomic E-state index is 10.9. The lowest BCUT2D eigenvalue weighted by molar-refractivity contribution is -0.386. The molecule has 0 heterocycles. The number of halogens is 1. The highest BCUT2D eigenvalue weighted by atomic mass is 79.9. The molecule has 1 rings (SSSR count). The van der Waals surface area contributed by atoms with Crippen LogP contribution in [0.1, 0.15) is 20.8 Å². The van der Waals surface area contributed by atoms with Gasteiger partial charge in [0.05, 0.1) is 11.5 Å². The van der Waals surface area contributed by atoms with E-state index in [0.29, 0.717) is 22.9 Å². The van der Waals surface area contributed by atoms with Crippen LogP contribution in [0.2, 0.25) is 0 Å². The van der Waals surface area contributed by atoms with E-state index in [0.717, 1.165) is 6.54 Å². The van der Waals surface area contributed by atoms with Crippen LogP contribution in [-0.2, 0) is 0 Å². The fourth-order valence-corrected chi connectivity index (χ4v) is 1.83. The highest BCUT2D eigenvalue weighted by Crippen LogP contribution is 2.30. The lowest BCUT2D eigenvalue weighted by Crippen LogP contribution is -2.30. The average Bonchev–Trinajstić information content (AvgIpc) is 2.34. The first kappa shape index (κ1) is 15.9. The largest absolute Gasteiger partial charge is 0.486 e. The Morgan fingerprint density at radius 1 is 1.42 bits per heavy atom. The van der Waals surface area contributed by atoms with Gasteiger partial charge in [-0.05, 0) is 12.1 Å². The van der Waals surface area contributed by atoms with E-state index in [1.165, 1.54) is 6.07 Å². The summed E-state index contributed by atoms with van der Waals surface area (Å²) in [4.78, 5) is 10.5. The van der Waals surface area contributed by atoms with Gasteiger partial charge in [0.2, 0.25) is 0 Å². The summed E-state index contributed by atoms with van der Waals surface area (Å²) in [5, 5.41) is 14.2. The summed E-state index contributed by atoms with van der Waals surface area (Å²) in [7, 11) is 0. The summed E-state index contributed by atoms with van der Waals surface area (Å²) in [6.07, 6.45) is 0. The molecule has 1 atom stereocenters. The van der Waals surface area contributed by atoms with E-state index >= 15 is 0 Å². The summed E-state index contributed by atoms with van der Waals surface area (Å²) in [6.45, 7) is 7.46. The van der Waals surface area contributed by atoms with Crippen molar-refractivity contribution in [3.05, 3.63) is 32.8 Å². The molecule has 0 fully saturated rings. The van der Waals surface area contributed by atoms with Crippen LogP contribution in [-0.4, -0.2) is 24.1 Å². The number of benzene rings is 1. The van der Waals surface area contributed by atoms with Crippen molar-refractivity contribution in [3.63, 3.8) is 0 Å². The predicted octanol–water partition coefficient (Wildman–Crippen LogP) is 3.37. The standard InChI is InChI=1S/C13H19BrN2O3/c1-9(2)15-7-10(3)8-19-13-5-4-11(14)6-12(13)16(17)18/h4-6,9-10,15H,7-8H2,1-3H3. The number of hydrogen-bond donors (Lipinski definition) is 1. The number of ether oxygens (including phenoxy) is 1. The second-order valence-electron chi connectivity index (χ2n) is 4.85. The van der Waals surface area contributed by atoms with Crippen LogP contribution >= 0.6 is 15.9 Å². The van der Waals surface area contributed by atoms with Crippen LogP contribution in [0.5, 0.6) is 5.75 Å². The minimum atomic E-state index is -0.433. The van der Waals surface area contributed by atoms with Gasteiger partial charge in [-0.25, -0.2) is 0 Å². The minimum absolute atomic E-state index is 0.0154. The summed E-state index contributed by atoms with van der Waals surface area (Å²) >= 11 is 3.22. The normalized spacial score (nSPS) is 12.5. The zero-order chi connectivity index (χ0) is 14.4. The highest BCUT2D eigenvalue weighted by Gasteiger charge is 2.16. The van der Waals surface area contributed by atoms with Crippen molar-refractivity contribution < 1.29 is 9.66 Å². The second kappa shape index (κ2) is 7.45. The van der Waals surface area contributed by atoms with Gasteiger partial charge in [0.1, 0.15) is 0 Å². The molecule has 0 radical (unpaired) electrons. The Labute approximate surface area is 121 Å². The van der Waals surface area contributed by atoms with Gasteiger partial charge in [0, 0.05) is 29.0 Å². The van der Waals surface area contributed by atoms with Gasteiger partial charge >= 0.3 is 5.69 Å². The van der Waals surface area contributed by atoms with Crippen molar-refractivity contribution in [2.75, 3.05) is 13.2 Å². The summed E-state index contributed by atoms with van der Waals surface area (Å²) in [5.74, 6) is 0.593. The quantitative estimate of drug-likeness (QED) is 0.615. The number of rotatable bonds is 7. The van der Waals surface area contributed by atoms with E-state index in [1.807, 2.05) is 6.92 Å². The Bertz CT molecular complexity index is 438. The third kappa shape index (κ3) is 5.57. The van der Waals surface area contributed by atoms with Crippen molar-refractivity contribution in [3.8, 4) is 5.75 Å². The molecule has 0 aliphatic rings. The van der Waals surface area contributed by atoms with Crippen LogP contribution in [0.15, 0.2) is 22.7 Å². The fraction of sp³-hybridized carbons (Fsp3) is 0.538. The molecule has 1 unspecified atom stereocenters. The lowest BCUT2D eigenvalue weighted by Gasteiger charge is -2.15. The van der Waals surface area contributed by atoms with Crippen molar-refractivity contribution in [2.45, 2.75) is 26.8 Å². The van der Waals surface area contributed by atoms with E-state index in [4.69, 9.17) is 4.74 Å². The average molecular weight is 331 g/mol. The van der Waals surface area contributed by atoms with Gasteiger partial charge in [0.25, 0.3) is 0 Å². The minimum Gasteiger partial charge on any atom is -0.486 e. The van der Waals surface area contributed by atoms with Crippen LogP contribution in [0.25, 0.3) is 0 Å². The van der Waals surface area contributed by atoms with E-state index in [-0.39, 0.29) is 11.6 Å². The predicted molar refractivity (Wildman–Crippen MR) is 78.6 cm³/mol. The first-order valence-electron chi connectivity index (χ1n) is 6.20. The molecule has 1 N–H and O–H groups in total. The highest BCUT2D eigenvalue weighted by molar-refractivity contribution is 9.10. The first-order chi connectivity index (χ1) is 8.90. The topological polar surface area (TPSA) is 64.4 Å². The number of hydrogen-bond acceptors (Lipinski definition) is 4. The summed E-state index contributed by atoms with van der Waals surface area (Å²) in [6, 6.07) is 5.22. The molecule has 106 valence electrons. The Morgan fingerprint density at radius 3 is 2.68 bits per heavy atom. The molecule has 0 bridgehead atoms. The van der Waals surface area contributed by atoms with Crippen LogP contribution in [0, 0.1) is 16.0 Å². The van der Waals surface area contributed by atoms with Crippen molar-refractivity contribution >= 4 is 21.6 Å². The molecule has 0 aliphatic heterocycles. The summed E-state index contributed by atoms with van der Waals surface area (Å²) < 4.78 is 6.21. The molecular weight excluding hydrogens is 312 g/mol. The Kier molecular flexibility index (Phi) is 6.24. The van der Waals surface area contributed by atoms with Gasteiger partial charge in [0.15, 0.2) is 5.75 Å². The van der Waals surface area contributed by atoms with E-state index in [1.54, 1.807) is 12.1 Å². The van der Waals surface area contributed by atoms with Gasteiger partial charge in [-0.2, -0.15) is 0 Å². The lowest BCUT2D eigenvalue weighted by atomic mass is 10.2. The monoisotopic (exact) mass is 330 g/mol. The summed E-state index contributed by atoms with van der Waals surface area (Å²) in [5.41, 5.74) is -0.0154. The number of nitrogens with zero attached hydrogens (tertiary/aromatic N) is 1. The zero-order valence-electron chi connectivity index (χ0n) is 11.4.